The Hall–Kier alpha value is -2.83. The number of esters is 3. The van der Waals surface area contributed by atoms with Crippen molar-refractivity contribution in [2.45, 2.75) is 173 Å². The van der Waals surface area contributed by atoms with Gasteiger partial charge >= 0.3 is 17.9 Å². The van der Waals surface area contributed by atoms with Crippen LogP contribution in [-0.2, 0) is 33.4 Å². The van der Waals surface area contributed by atoms with E-state index in [1.54, 1.807) is 26.8 Å². The van der Waals surface area contributed by atoms with Crippen molar-refractivity contribution >= 4 is 23.7 Å². The number of carbonyl (C=O) groups is 4. The summed E-state index contributed by atoms with van der Waals surface area (Å²) in [5.41, 5.74) is -6.79. The highest BCUT2D eigenvalue weighted by molar-refractivity contribution is 6.01. The minimum Gasteiger partial charge on any atom is -0.466 e. The highest BCUT2D eigenvalue weighted by atomic mass is 19.1. The molecule has 7 N–H and O–H groups in total. The van der Waals surface area contributed by atoms with Crippen LogP contribution in [0.25, 0.3) is 0 Å². The van der Waals surface area contributed by atoms with Crippen LogP contribution in [0.4, 0.5) is 4.39 Å². The van der Waals surface area contributed by atoms with Crippen LogP contribution in [0.2, 0.25) is 0 Å². The first kappa shape index (κ1) is 52.1. The molecule has 1 heterocycles. The Kier molecular flexibility index (Phi) is 16.1. The maximum atomic E-state index is 15.9. The molecular weight excluding hydrogens is 832 g/mol. The van der Waals surface area contributed by atoms with Crippen molar-refractivity contribution in [3.8, 4) is 0 Å². The summed E-state index contributed by atoms with van der Waals surface area (Å²) in [6, 6.07) is -0.670. The Morgan fingerprint density at radius 3 is 2.31 bits per heavy atom. The van der Waals surface area contributed by atoms with Gasteiger partial charge < -0.3 is 50.2 Å². The third kappa shape index (κ3) is 9.63. The van der Waals surface area contributed by atoms with Gasteiger partial charge in [-0.2, -0.15) is 0 Å². The highest BCUT2D eigenvalue weighted by Gasteiger charge is 2.72. The molecule has 0 spiro atoms. The third-order valence-electron chi connectivity index (χ3n) is 16.5. The SMILES string of the molecule is CC[C@H]1OC(=O)[C@H](C)[C@@H](O)[C@H](C)[C@@H](O)[C@](C)(O)C[C@@H](C)CN(CCCNCCC(=O)O[C@]2(C(=O)OC)CCC3C4C[C@H](F)C5=CC(=O)C=C[C@]5(C)C4[C@@H](O)C[C@@]32C)[C@H](C)[C@@H](O)[C@]1(C)O. The lowest BCUT2D eigenvalue weighted by molar-refractivity contribution is -0.212. The van der Waals surface area contributed by atoms with Gasteiger partial charge in [0.25, 0.3) is 0 Å². The normalized spacial score (nSPS) is 45.8. The molecule has 1 saturated heterocycles. The zero-order valence-electron chi connectivity index (χ0n) is 39.6. The number of cyclic esters (lactones) is 1. The maximum absolute atomic E-state index is 15.9. The van der Waals surface area contributed by atoms with Gasteiger partial charge in [0.05, 0.1) is 43.4 Å². The molecule has 5 aliphatic rings. The monoisotopic (exact) mass is 909 g/mol. The number of halogens is 1. The lowest BCUT2D eigenvalue weighted by Gasteiger charge is -2.60. The van der Waals surface area contributed by atoms with E-state index in [1.165, 1.54) is 40.0 Å². The predicted octanol–water partition coefficient (Wildman–Crippen LogP) is 2.95. The largest absolute Gasteiger partial charge is 0.466 e. The van der Waals surface area contributed by atoms with Crippen molar-refractivity contribution < 1.29 is 68.4 Å². The number of alkyl halides is 1. The molecule has 15 nitrogen and oxygen atoms in total. The summed E-state index contributed by atoms with van der Waals surface area (Å²) < 4.78 is 33.1. The molecule has 16 heteroatoms. The Balaban J connectivity index is 1.24. The minimum atomic E-state index is -1.89. The second-order valence-corrected chi connectivity index (χ2v) is 21.0. The number of methoxy groups -OCH3 is 1. The molecule has 3 unspecified atom stereocenters. The smallest absolute Gasteiger partial charge is 0.350 e. The molecule has 0 amide bonds. The number of ether oxygens (including phenoxy) is 3. The van der Waals surface area contributed by atoms with Crippen LogP contribution >= 0.6 is 0 Å². The van der Waals surface area contributed by atoms with Crippen LogP contribution < -0.4 is 5.32 Å². The van der Waals surface area contributed by atoms with E-state index in [1.807, 2.05) is 25.7 Å². The van der Waals surface area contributed by atoms with E-state index in [4.69, 9.17) is 14.2 Å². The van der Waals surface area contributed by atoms with Gasteiger partial charge in [-0.15, -0.1) is 0 Å². The number of aliphatic hydroxyl groups excluding tert-OH is 4. The number of nitrogens with zero attached hydrogens (tertiary/aromatic N) is 1. The van der Waals surface area contributed by atoms with Crippen LogP contribution in [0.3, 0.4) is 0 Å². The van der Waals surface area contributed by atoms with Crippen molar-refractivity contribution in [1.29, 1.82) is 0 Å². The van der Waals surface area contributed by atoms with Gasteiger partial charge in [-0.3, -0.25) is 19.3 Å². The first-order valence-electron chi connectivity index (χ1n) is 23.5. The van der Waals surface area contributed by atoms with E-state index < -0.39 is 106 Å². The van der Waals surface area contributed by atoms with E-state index in [0.29, 0.717) is 38.0 Å². The summed E-state index contributed by atoms with van der Waals surface area (Å²) >= 11 is 0. The van der Waals surface area contributed by atoms with Crippen molar-refractivity contribution in [1.82, 2.24) is 10.2 Å². The Labute approximate surface area is 378 Å². The van der Waals surface area contributed by atoms with Crippen molar-refractivity contribution in [2.24, 2.45) is 46.3 Å². The van der Waals surface area contributed by atoms with Crippen LogP contribution in [0.1, 0.15) is 114 Å². The average molecular weight is 909 g/mol. The number of allylic oxidation sites excluding steroid dienone is 4. The van der Waals surface area contributed by atoms with E-state index in [9.17, 15) is 49.8 Å². The van der Waals surface area contributed by atoms with Gasteiger partial charge in [0.15, 0.2) is 5.78 Å². The number of aliphatic hydroxyl groups is 6. The molecule has 0 aromatic heterocycles. The van der Waals surface area contributed by atoms with Gasteiger partial charge in [-0.1, -0.05) is 40.7 Å². The predicted molar refractivity (Wildman–Crippen MR) is 234 cm³/mol. The average Bonchev–Trinajstić information content (AvgIpc) is 3.52. The number of fused-ring (bicyclic) bond motifs is 5. The van der Waals surface area contributed by atoms with Gasteiger partial charge in [0.1, 0.15) is 24.0 Å². The number of nitrogens with one attached hydrogen (secondary N) is 1. The first-order valence-corrected chi connectivity index (χ1v) is 23.5. The Morgan fingerprint density at radius 1 is 1.00 bits per heavy atom. The van der Waals surface area contributed by atoms with Crippen molar-refractivity contribution in [3.05, 3.63) is 23.8 Å². The summed E-state index contributed by atoms with van der Waals surface area (Å²) in [4.78, 5) is 54.8. The number of ketones is 1. The molecule has 364 valence electrons. The van der Waals surface area contributed by atoms with E-state index in [-0.39, 0.29) is 68.6 Å². The molecule has 0 aromatic rings. The van der Waals surface area contributed by atoms with Crippen LogP contribution in [0.5, 0.6) is 0 Å². The molecule has 4 fully saturated rings. The lowest BCUT2D eigenvalue weighted by atomic mass is 9.46. The molecule has 18 atom stereocenters. The summed E-state index contributed by atoms with van der Waals surface area (Å²) in [7, 11) is 1.23. The molecule has 0 aromatic carbocycles. The molecular formula is C48H77FN2O13. The molecule has 0 radical (unpaired) electrons. The molecule has 1 aliphatic heterocycles. The zero-order chi connectivity index (χ0) is 47.9. The second kappa shape index (κ2) is 19.8. The number of carbonyl (C=O) groups excluding carboxylic acids is 4. The number of rotatable bonds is 10. The second-order valence-electron chi connectivity index (χ2n) is 21.0. The highest BCUT2D eigenvalue weighted by Crippen LogP contribution is 2.68. The van der Waals surface area contributed by atoms with Crippen LogP contribution in [0.15, 0.2) is 23.8 Å². The molecule has 5 rings (SSSR count). The van der Waals surface area contributed by atoms with Crippen molar-refractivity contribution in [3.63, 3.8) is 0 Å². The summed E-state index contributed by atoms with van der Waals surface area (Å²) in [6.45, 7) is 16.3. The first-order chi connectivity index (χ1) is 29.7. The molecule has 4 aliphatic carbocycles. The fraction of sp³-hybridized carbons (Fsp3) is 0.833. The third-order valence-corrected chi connectivity index (χ3v) is 16.5. The van der Waals surface area contributed by atoms with Crippen LogP contribution in [0, 0.1) is 46.3 Å². The Bertz CT molecular complexity index is 1770. The number of hydrogen-bond donors (Lipinski definition) is 7. The Morgan fingerprint density at radius 2 is 1.67 bits per heavy atom. The molecule has 64 heavy (non-hydrogen) atoms. The lowest BCUT2D eigenvalue weighted by Crippen LogP contribution is -2.63. The topological polar surface area (TPSA) is 233 Å². The standard InChI is InChI=1S/C48H77FN2O13/c1-11-36-47(9,61)41(57)29(5)51(25-26(2)23-46(8,60)40(56)27(3)39(55)28(4)42(58)63-36)20-12-18-50-19-15-37(54)64-48(43(59)62-10)17-14-32-31-22-34(49)33-21-30(52)13-16-44(33,6)38(31)35(53)24-45(32,48)7/h13,16,21,26-29,31-32,34-36,38-41,50,53,55-57,60-61H,11-12,14-15,17-20,22-25H2,1-10H3/t26-,27+,28-,29-,31?,32?,34+,35+,36-,38?,39+,40-,41-,44+,45+,46-,47-,48+/m1/s1. The van der Waals surface area contributed by atoms with Crippen molar-refractivity contribution in [2.75, 3.05) is 33.3 Å². The van der Waals surface area contributed by atoms with E-state index >= 15 is 4.39 Å². The summed E-state index contributed by atoms with van der Waals surface area (Å²) in [5, 5.41) is 72.2. The van der Waals surface area contributed by atoms with Crippen LogP contribution in [-0.4, -0.2) is 152 Å². The van der Waals surface area contributed by atoms with Gasteiger partial charge in [-0.05, 0) is 121 Å². The molecule has 3 saturated carbocycles. The summed E-state index contributed by atoms with van der Waals surface area (Å²) in [5.74, 6) is -5.70. The fourth-order valence-corrected chi connectivity index (χ4v) is 12.8. The van der Waals surface area contributed by atoms with E-state index in [0.717, 1.165) is 0 Å². The summed E-state index contributed by atoms with van der Waals surface area (Å²) in [6.07, 6.45) is -1.64. The molecule has 0 bridgehead atoms. The minimum absolute atomic E-state index is 0.0787. The maximum Gasteiger partial charge on any atom is 0.350 e. The van der Waals surface area contributed by atoms with Gasteiger partial charge in [0.2, 0.25) is 5.60 Å². The van der Waals surface area contributed by atoms with Gasteiger partial charge in [-0.25, -0.2) is 9.18 Å². The van der Waals surface area contributed by atoms with E-state index in [2.05, 4.69) is 5.32 Å². The fourth-order valence-electron chi connectivity index (χ4n) is 12.8. The zero-order valence-corrected chi connectivity index (χ0v) is 39.6. The quantitative estimate of drug-likeness (QED) is 0.0950. The van der Waals surface area contributed by atoms with Gasteiger partial charge in [0, 0.05) is 41.8 Å². The number of hydrogen-bond acceptors (Lipinski definition) is 15.